The Bertz CT molecular complexity index is 1180. The fourth-order valence-electron chi connectivity index (χ4n) is 3.80. The first-order valence-corrected chi connectivity index (χ1v) is 11.4. The molecule has 0 bridgehead atoms. The highest BCUT2D eigenvalue weighted by Gasteiger charge is 2.49. The Kier molecular flexibility index (Phi) is 5.55. The van der Waals surface area contributed by atoms with Gasteiger partial charge in [-0.3, -0.25) is 19.2 Å². The van der Waals surface area contributed by atoms with Gasteiger partial charge in [-0.1, -0.05) is 17.7 Å². The van der Waals surface area contributed by atoms with Crippen molar-refractivity contribution in [1.82, 2.24) is 15.1 Å². The SMILES string of the molecule is COc1ccc(N2C(=O)c3cc(-c4cccs4)nn3CC2(C)C(=O)NC(C)(C)C)cc1Cl. The van der Waals surface area contributed by atoms with Crippen molar-refractivity contribution in [2.24, 2.45) is 0 Å². The Morgan fingerprint density at radius 1 is 1.28 bits per heavy atom. The number of hydrogen-bond acceptors (Lipinski definition) is 5. The fourth-order valence-corrected chi connectivity index (χ4v) is 4.73. The molecule has 0 aliphatic carbocycles. The van der Waals surface area contributed by atoms with Gasteiger partial charge >= 0.3 is 0 Å². The average Bonchev–Trinajstić information content (AvgIpc) is 3.36. The number of hydrogen-bond donors (Lipinski definition) is 1. The molecule has 1 aliphatic rings. The summed E-state index contributed by atoms with van der Waals surface area (Å²) in [4.78, 5) is 29.7. The highest BCUT2D eigenvalue weighted by Crippen LogP contribution is 2.38. The Morgan fingerprint density at radius 2 is 2.03 bits per heavy atom. The lowest BCUT2D eigenvalue weighted by atomic mass is 9.92. The number of halogens is 1. The molecule has 7 nitrogen and oxygen atoms in total. The first-order valence-electron chi connectivity index (χ1n) is 10.2. The van der Waals surface area contributed by atoms with E-state index in [9.17, 15) is 9.59 Å². The van der Waals surface area contributed by atoms with E-state index >= 15 is 0 Å². The topological polar surface area (TPSA) is 76.5 Å². The number of amides is 2. The maximum absolute atomic E-state index is 13.8. The molecule has 32 heavy (non-hydrogen) atoms. The minimum absolute atomic E-state index is 0.199. The van der Waals surface area contributed by atoms with Crippen molar-refractivity contribution >= 4 is 40.4 Å². The van der Waals surface area contributed by atoms with Crippen LogP contribution in [0.15, 0.2) is 41.8 Å². The molecule has 2 aromatic heterocycles. The number of fused-ring (bicyclic) bond motifs is 1. The van der Waals surface area contributed by atoms with Crippen molar-refractivity contribution in [3.63, 3.8) is 0 Å². The van der Waals surface area contributed by atoms with Crippen molar-refractivity contribution < 1.29 is 14.3 Å². The summed E-state index contributed by atoms with van der Waals surface area (Å²) in [6.45, 7) is 7.66. The van der Waals surface area contributed by atoms with Gasteiger partial charge < -0.3 is 10.1 Å². The second kappa shape index (κ2) is 7.94. The average molecular weight is 473 g/mol. The Morgan fingerprint density at radius 3 is 2.62 bits per heavy atom. The first kappa shape index (κ1) is 22.4. The molecule has 0 radical (unpaired) electrons. The zero-order valence-electron chi connectivity index (χ0n) is 18.6. The smallest absolute Gasteiger partial charge is 0.277 e. The number of anilines is 1. The molecular weight excluding hydrogens is 448 g/mol. The van der Waals surface area contributed by atoms with E-state index in [4.69, 9.17) is 16.3 Å². The number of carbonyl (C=O) groups is 2. The molecule has 1 aromatic carbocycles. The van der Waals surface area contributed by atoms with Crippen LogP contribution in [0.2, 0.25) is 5.02 Å². The number of thiophene rings is 1. The zero-order valence-corrected chi connectivity index (χ0v) is 20.2. The monoisotopic (exact) mass is 472 g/mol. The van der Waals surface area contributed by atoms with Gasteiger partial charge in [-0.15, -0.1) is 11.3 Å². The van der Waals surface area contributed by atoms with Crippen LogP contribution in [0.4, 0.5) is 5.69 Å². The summed E-state index contributed by atoms with van der Waals surface area (Å²) in [5, 5.41) is 9.98. The summed E-state index contributed by atoms with van der Waals surface area (Å²) in [5.41, 5.74) is -0.0669. The van der Waals surface area contributed by atoms with Crippen molar-refractivity contribution in [3.8, 4) is 16.3 Å². The van der Waals surface area contributed by atoms with E-state index in [1.165, 1.54) is 12.0 Å². The van der Waals surface area contributed by atoms with Crippen LogP contribution in [0.25, 0.3) is 10.6 Å². The van der Waals surface area contributed by atoms with Crippen LogP contribution >= 0.6 is 22.9 Å². The van der Waals surface area contributed by atoms with Gasteiger partial charge in [0, 0.05) is 11.2 Å². The third kappa shape index (κ3) is 3.89. The van der Waals surface area contributed by atoms with Crippen LogP contribution < -0.4 is 15.0 Å². The van der Waals surface area contributed by atoms with Crippen LogP contribution in [-0.2, 0) is 11.3 Å². The largest absolute Gasteiger partial charge is 0.495 e. The van der Waals surface area contributed by atoms with Gasteiger partial charge in [0.05, 0.1) is 23.6 Å². The van der Waals surface area contributed by atoms with E-state index < -0.39 is 11.1 Å². The lowest BCUT2D eigenvalue weighted by Gasteiger charge is -2.44. The number of nitrogens with one attached hydrogen (secondary N) is 1. The van der Waals surface area contributed by atoms with Crippen molar-refractivity contribution in [2.75, 3.05) is 12.0 Å². The van der Waals surface area contributed by atoms with Crippen LogP contribution in [0, 0.1) is 0 Å². The molecule has 2 amide bonds. The molecule has 0 fully saturated rings. The van der Waals surface area contributed by atoms with Gasteiger partial charge in [-0.2, -0.15) is 5.10 Å². The maximum atomic E-state index is 13.8. The molecule has 9 heteroatoms. The van der Waals surface area contributed by atoms with E-state index in [1.807, 2.05) is 38.3 Å². The molecule has 1 atom stereocenters. The lowest BCUT2D eigenvalue weighted by molar-refractivity contribution is -0.128. The predicted octanol–water partition coefficient (Wildman–Crippen LogP) is 4.61. The molecular formula is C23H25ClN4O3S. The summed E-state index contributed by atoms with van der Waals surface area (Å²) in [6.07, 6.45) is 0. The first-order chi connectivity index (χ1) is 15.0. The van der Waals surface area contributed by atoms with E-state index in [1.54, 1.807) is 47.2 Å². The summed E-state index contributed by atoms with van der Waals surface area (Å²) in [7, 11) is 1.53. The summed E-state index contributed by atoms with van der Waals surface area (Å²) in [6, 6.07) is 10.7. The van der Waals surface area contributed by atoms with E-state index in [0.29, 0.717) is 27.8 Å². The number of benzene rings is 1. The standard InChI is InChI=1S/C23H25ClN4O3S/c1-22(2,3)25-21(30)23(4)13-27-17(12-16(26-27)19-7-6-10-32-19)20(29)28(23)14-8-9-18(31-5)15(24)11-14/h6-12H,13H2,1-5H3,(H,25,30). The number of rotatable bonds is 4. The van der Waals surface area contributed by atoms with Gasteiger partial charge in [0.1, 0.15) is 22.7 Å². The molecule has 0 saturated heterocycles. The molecule has 1 aliphatic heterocycles. The maximum Gasteiger partial charge on any atom is 0.277 e. The van der Waals surface area contributed by atoms with Gasteiger partial charge in [0.2, 0.25) is 5.91 Å². The van der Waals surface area contributed by atoms with Crippen molar-refractivity contribution in [1.29, 1.82) is 0 Å². The van der Waals surface area contributed by atoms with Crippen LogP contribution in [0.3, 0.4) is 0 Å². The normalized spacial score (nSPS) is 18.4. The molecule has 3 heterocycles. The van der Waals surface area contributed by atoms with Crippen LogP contribution in [0.5, 0.6) is 5.75 Å². The number of aromatic nitrogens is 2. The van der Waals surface area contributed by atoms with E-state index in [0.717, 1.165) is 4.88 Å². The molecule has 0 spiro atoms. The summed E-state index contributed by atoms with van der Waals surface area (Å²) in [5.74, 6) is -0.103. The van der Waals surface area contributed by atoms with Crippen LogP contribution in [0.1, 0.15) is 38.2 Å². The fraction of sp³-hybridized carbons (Fsp3) is 0.348. The molecule has 168 valence electrons. The third-order valence-electron chi connectivity index (χ3n) is 5.30. The molecule has 4 rings (SSSR count). The number of nitrogens with zero attached hydrogens (tertiary/aromatic N) is 3. The second-order valence-electron chi connectivity index (χ2n) is 8.99. The summed E-state index contributed by atoms with van der Waals surface area (Å²) < 4.78 is 6.88. The van der Waals surface area contributed by atoms with Gasteiger partial charge in [-0.05, 0) is 63.4 Å². The summed E-state index contributed by atoms with van der Waals surface area (Å²) >= 11 is 7.91. The quantitative estimate of drug-likeness (QED) is 0.601. The minimum Gasteiger partial charge on any atom is -0.495 e. The Labute approximate surface area is 195 Å². The lowest BCUT2D eigenvalue weighted by Crippen LogP contribution is -2.66. The molecule has 0 saturated carbocycles. The number of methoxy groups -OCH3 is 1. The Balaban J connectivity index is 1.85. The molecule has 3 aromatic rings. The van der Waals surface area contributed by atoms with Crippen LogP contribution in [-0.4, -0.2) is 39.8 Å². The number of carbonyl (C=O) groups excluding carboxylic acids is 2. The van der Waals surface area contributed by atoms with Crippen molar-refractivity contribution in [3.05, 3.63) is 52.5 Å². The van der Waals surface area contributed by atoms with Gasteiger partial charge in [0.25, 0.3) is 5.91 Å². The third-order valence-corrected chi connectivity index (χ3v) is 6.49. The molecule has 1 unspecified atom stereocenters. The Hall–Kier alpha value is -2.84. The van der Waals surface area contributed by atoms with Crippen molar-refractivity contribution in [2.45, 2.75) is 45.3 Å². The highest BCUT2D eigenvalue weighted by molar-refractivity contribution is 7.13. The zero-order chi connectivity index (χ0) is 23.3. The van der Waals surface area contributed by atoms with E-state index in [2.05, 4.69) is 10.4 Å². The molecule has 1 N–H and O–H groups in total. The van der Waals surface area contributed by atoms with Gasteiger partial charge in [0.15, 0.2) is 0 Å². The van der Waals surface area contributed by atoms with Gasteiger partial charge in [-0.25, -0.2) is 0 Å². The highest BCUT2D eigenvalue weighted by atomic mass is 35.5. The minimum atomic E-state index is -1.23. The van der Waals surface area contributed by atoms with E-state index in [-0.39, 0.29) is 18.4 Å². The predicted molar refractivity (Wildman–Crippen MR) is 127 cm³/mol. The number of ether oxygens (including phenoxy) is 1. The second-order valence-corrected chi connectivity index (χ2v) is 10.3.